The molecule has 1 saturated heterocycles. The second-order valence-corrected chi connectivity index (χ2v) is 5.41. The number of aryl methyl sites for hydroxylation is 1. The summed E-state index contributed by atoms with van der Waals surface area (Å²) in [6, 6.07) is 8.08. The molecule has 1 fully saturated rings. The Hall–Kier alpha value is -1.55. The monoisotopic (exact) mass is 291 g/mol. The molecule has 20 heavy (non-hydrogen) atoms. The Morgan fingerprint density at radius 1 is 1.25 bits per heavy atom. The summed E-state index contributed by atoms with van der Waals surface area (Å²) in [4.78, 5) is 18.1. The van der Waals surface area contributed by atoms with E-state index in [1.807, 2.05) is 23.1 Å². The van der Waals surface area contributed by atoms with E-state index in [-0.39, 0.29) is 5.91 Å². The van der Waals surface area contributed by atoms with Crippen molar-refractivity contribution in [1.82, 2.24) is 14.5 Å². The summed E-state index contributed by atoms with van der Waals surface area (Å²) in [6.45, 7) is 2.59. The van der Waals surface area contributed by atoms with Crippen LogP contribution in [-0.2, 0) is 17.2 Å². The molecule has 0 N–H and O–H groups in total. The molecule has 2 heterocycles. The van der Waals surface area contributed by atoms with E-state index in [1.54, 1.807) is 0 Å². The summed E-state index contributed by atoms with van der Waals surface area (Å²) in [5.74, 6) is 1.61. The van der Waals surface area contributed by atoms with Crippen molar-refractivity contribution in [2.45, 2.75) is 31.7 Å². The van der Waals surface area contributed by atoms with Crippen LogP contribution in [0.2, 0.25) is 0 Å². The number of aromatic nitrogens is 2. The highest BCUT2D eigenvalue weighted by molar-refractivity contribution is 6.16. The van der Waals surface area contributed by atoms with E-state index in [1.165, 1.54) is 0 Å². The van der Waals surface area contributed by atoms with E-state index in [2.05, 4.69) is 15.6 Å². The van der Waals surface area contributed by atoms with Gasteiger partial charge in [-0.3, -0.25) is 4.79 Å². The predicted molar refractivity (Wildman–Crippen MR) is 79.7 cm³/mol. The summed E-state index contributed by atoms with van der Waals surface area (Å²) >= 11 is 5.98. The quantitative estimate of drug-likeness (QED) is 0.795. The van der Waals surface area contributed by atoms with Gasteiger partial charge in [-0.05, 0) is 25.0 Å². The van der Waals surface area contributed by atoms with Gasteiger partial charge < -0.3 is 9.47 Å². The Labute approximate surface area is 123 Å². The van der Waals surface area contributed by atoms with Crippen molar-refractivity contribution in [3.05, 3.63) is 30.1 Å². The molecule has 0 saturated carbocycles. The van der Waals surface area contributed by atoms with E-state index in [0.29, 0.717) is 12.3 Å². The number of benzene rings is 1. The smallest absolute Gasteiger partial charge is 0.222 e. The molecule has 0 bridgehead atoms. The van der Waals surface area contributed by atoms with Crippen LogP contribution < -0.4 is 0 Å². The van der Waals surface area contributed by atoms with Gasteiger partial charge in [0.1, 0.15) is 5.82 Å². The van der Waals surface area contributed by atoms with Gasteiger partial charge in [0.15, 0.2) is 0 Å². The summed E-state index contributed by atoms with van der Waals surface area (Å²) in [6.07, 6.45) is 2.65. The minimum absolute atomic E-state index is 0.290. The lowest BCUT2D eigenvalue weighted by atomic mass is 10.3. The van der Waals surface area contributed by atoms with Crippen molar-refractivity contribution in [3.63, 3.8) is 0 Å². The first-order valence-corrected chi connectivity index (χ1v) is 7.61. The van der Waals surface area contributed by atoms with Crippen LogP contribution in [0.5, 0.6) is 0 Å². The van der Waals surface area contributed by atoms with E-state index < -0.39 is 0 Å². The molecule has 106 valence electrons. The number of halogens is 1. The van der Waals surface area contributed by atoms with Gasteiger partial charge >= 0.3 is 0 Å². The van der Waals surface area contributed by atoms with Gasteiger partial charge in [-0.15, -0.1) is 11.6 Å². The zero-order chi connectivity index (χ0) is 13.9. The van der Waals surface area contributed by atoms with Crippen LogP contribution in [0.25, 0.3) is 11.0 Å². The summed E-state index contributed by atoms with van der Waals surface area (Å²) in [7, 11) is 0. The fourth-order valence-electron chi connectivity index (χ4n) is 2.84. The van der Waals surface area contributed by atoms with E-state index >= 15 is 0 Å². The minimum Gasteiger partial charge on any atom is -0.343 e. The number of nitrogens with zero attached hydrogens (tertiary/aromatic N) is 3. The number of para-hydroxylation sites is 2. The van der Waals surface area contributed by atoms with Gasteiger partial charge in [0.2, 0.25) is 5.91 Å². The van der Waals surface area contributed by atoms with E-state index in [0.717, 1.165) is 49.3 Å². The van der Waals surface area contributed by atoms with E-state index in [4.69, 9.17) is 11.6 Å². The molecule has 0 atom stereocenters. The average Bonchev–Trinajstić information content (AvgIpc) is 3.03. The van der Waals surface area contributed by atoms with Crippen LogP contribution in [-0.4, -0.2) is 33.4 Å². The lowest BCUT2D eigenvalue weighted by Crippen LogP contribution is -2.26. The second-order valence-electron chi connectivity index (χ2n) is 5.14. The van der Waals surface area contributed by atoms with Crippen LogP contribution in [0.1, 0.15) is 25.1 Å². The number of alkyl halides is 1. The second kappa shape index (κ2) is 5.83. The topological polar surface area (TPSA) is 38.1 Å². The van der Waals surface area contributed by atoms with Crippen LogP contribution in [0.15, 0.2) is 24.3 Å². The first-order valence-electron chi connectivity index (χ1n) is 7.07. The number of fused-ring (bicyclic) bond motifs is 1. The number of hydrogen-bond acceptors (Lipinski definition) is 2. The molecular formula is C15H18ClN3O. The van der Waals surface area contributed by atoms with Gasteiger partial charge in [-0.2, -0.15) is 0 Å². The third-order valence-electron chi connectivity index (χ3n) is 3.83. The van der Waals surface area contributed by atoms with Gasteiger partial charge in [-0.25, -0.2) is 4.98 Å². The highest BCUT2D eigenvalue weighted by atomic mass is 35.5. The first-order chi connectivity index (χ1) is 9.79. The molecule has 1 amide bonds. The zero-order valence-corrected chi connectivity index (χ0v) is 12.1. The highest BCUT2D eigenvalue weighted by Gasteiger charge is 2.19. The number of carbonyl (C=O) groups excluding carboxylic acids is 1. The lowest BCUT2D eigenvalue weighted by molar-refractivity contribution is -0.127. The maximum Gasteiger partial charge on any atom is 0.222 e. The number of carbonyl (C=O) groups is 1. The number of imidazole rings is 1. The maximum absolute atomic E-state index is 11.6. The predicted octanol–water partition coefficient (Wildman–Crippen LogP) is 2.79. The Kier molecular flexibility index (Phi) is 3.92. The Morgan fingerprint density at radius 3 is 2.85 bits per heavy atom. The Morgan fingerprint density at radius 2 is 2.10 bits per heavy atom. The first kappa shape index (κ1) is 13.4. The van der Waals surface area contributed by atoms with Gasteiger partial charge in [-0.1, -0.05) is 12.1 Å². The number of likely N-dealkylation sites (tertiary alicyclic amines) is 1. The average molecular weight is 292 g/mol. The molecule has 3 rings (SSSR count). The lowest BCUT2D eigenvalue weighted by Gasteiger charge is -2.16. The van der Waals surface area contributed by atoms with Crippen molar-refractivity contribution in [2.75, 3.05) is 13.1 Å². The van der Waals surface area contributed by atoms with Crippen molar-refractivity contribution in [3.8, 4) is 0 Å². The van der Waals surface area contributed by atoms with Crippen LogP contribution >= 0.6 is 11.6 Å². The molecule has 1 aromatic carbocycles. The molecule has 0 aliphatic carbocycles. The zero-order valence-electron chi connectivity index (χ0n) is 11.4. The molecule has 2 aromatic rings. The SMILES string of the molecule is O=C1CCCN1CCCn1c(CCl)nc2ccccc21. The third kappa shape index (κ3) is 2.52. The minimum atomic E-state index is 0.290. The van der Waals surface area contributed by atoms with Crippen molar-refractivity contribution < 1.29 is 4.79 Å². The number of rotatable bonds is 5. The van der Waals surface area contributed by atoms with Crippen molar-refractivity contribution in [1.29, 1.82) is 0 Å². The van der Waals surface area contributed by atoms with Gasteiger partial charge in [0.25, 0.3) is 0 Å². The van der Waals surface area contributed by atoms with Gasteiger partial charge in [0.05, 0.1) is 16.9 Å². The fraction of sp³-hybridized carbons (Fsp3) is 0.467. The van der Waals surface area contributed by atoms with E-state index in [9.17, 15) is 4.79 Å². The fourth-order valence-corrected chi connectivity index (χ4v) is 3.04. The molecule has 0 spiro atoms. The summed E-state index contributed by atoms with van der Waals surface area (Å²) < 4.78 is 2.17. The van der Waals surface area contributed by atoms with Crippen LogP contribution in [0.4, 0.5) is 0 Å². The number of amides is 1. The Bertz CT molecular complexity index is 623. The van der Waals surface area contributed by atoms with Crippen molar-refractivity contribution in [2.24, 2.45) is 0 Å². The normalized spacial score (nSPS) is 15.4. The standard InChI is InChI=1S/C15H18ClN3O/c16-11-14-17-12-5-1-2-6-13(12)19(14)10-4-9-18-8-3-7-15(18)20/h1-2,5-6H,3-4,7-11H2. The summed E-state index contributed by atoms with van der Waals surface area (Å²) in [5, 5.41) is 0. The molecule has 1 aliphatic heterocycles. The third-order valence-corrected chi connectivity index (χ3v) is 4.07. The number of hydrogen-bond donors (Lipinski definition) is 0. The molecule has 1 aromatic heterocycles. The largest absolute Gasteiger partial charge is 0.343 e. The highest BCUT2D eigenvalue weighted by Crippen LogP contribution is 2.18. The molecule has 0 unspecified atom stereocenters. The van der Waals surface area contributed by atoms with Crippen molar-refractivity contribution >= 4 is 28.5 Å². The summed E-state index contributed by atoms with van der Waals surface area (Å²) in [5.41, 5.74) is 2.11. The van der Waals surface area contributed by atoms with Crippen LogP contribution in [0.3, 0.4) is 0 Å². The molecule has 1 aliphatic rings. The molecule has 5 heteroatoms. The molecule has 0 radical (unpaired) electrons. The Balaban J connectivity index is 1.71. The van der Waals surface area contributed by atoms with Gasteiger partial charge in [0, 0.05) is 26.1 Å². The van der Waals surface area contributed by atoms with Crippen LogP contribution in [0, 0.1) is 0 Å². The molecular weight excluding hydrogens is 274 g/mol. The maximum atomic E-state index is 11.6. The molecule has 4 nitrogen and oxygen atoms in total.